The molecule has 0 aliphatic heterocycles. The number of hydrogen-bond donors (Lipinski definition) is 2. The molecule has 1 aromatic rings. The molecule has 54 valence electrons. The molecule has 0 aliphatic carbocycles. The van der Waals surface area contributed by atoms with Crippen molar-refractivity contribution < 1.29 is 14.6 Å². The summed E-state index contributed by atoms with van der Waals surface area (Å²) in [6.45, 7) is 0. The van der Waals surface area contributed by atoms with Crippen molar-refractivity contribution in [1.29, 1.82) is 0 Å². The second-order valence-electron chi connectivity index (χ2n) is 1.42. The van der Waals surface area contributed by atoms with Crippen molar-refractivity contribution in [3.05, 3.63) is 0 Å². The minimum Gasteiger partial charge on any atom is -0.526 e. The zero-order valence-electron chi connectivity index (χ0n) is 5.14. The van der Waals surface area contributed by atoms with E-state index in [0.717, 1.165) is 0 Å². The normalized spacial score (nSPS) is 9.60. The summed E-state index contributed by atoms with van der Waals surface area (Å²) in [5.41, 5.74) is 0. The van der Waals surface area contributed by atoms with Crippen molar-refractivity contribution in [1.82, 2.24) is 15.0 Å². The molecule has 0 saturated carbocycles. The Bertz CT molecular complexity index is 222. The van der Waals surface area contributed by atoms with Crippen molar-refractivity contribution in [2.75, 3.05) is 0 Å². The van der Waals surface area contributed by atoms with Gasteiger partial charge in [0.1, 0.15) is 0 Å². The molecule has 1 aromatic heterocycles. The number of nitrogens with zero attached hydrogens (tertiary/aromatic N) is 3. The molecule has 0 amide bonds. The Morgan fingerprint density at radius 1 is 1.10 bits per heavy atom. The molecule has 0 aromatic carbocycles. The molecule has 0 fully saturated rings. The molecule has 0 saturated heterocycles. The van der Waals surface area contributed by atoms with Crippen LogP contribution < -0.4 is 4.43 Å². The first kappa shape index (κ1) is 6.74. The summed E-state index contributed by atoms with van der Waals surface area (Å²) < 4.78 is 4.63. The summed E-state index contributed by atoms with van der Waals surface area (Å²) in [6, 6.07) is -1.15. The molecule has 0 unspecified atom stereocenters. The molecular formula is C3H5N3O3Si. The predicted octanol–water partition coefficient (Wildman–Crippen LogP) is -2.06. The second-order valence-corrected chi connectivity index (χ2v) is 1.83. The van der Waals surface area contributed by atoms with E-state index in [4.69, 9.17) is 10.2 Å². The second kappa shape index (κ2) is 2.48. The molecule has 1 rings (SSSR count). The van der Waals surface area contributed by atoms with Crippen LogP contribution in [-0.2, 0) is 0 Å². The van der Waals surface area contributed by atoms with Crippen molar-refractivity contribution in [2.24, 2.45) is 0 Å². The van der Waals surface area contributed by atoms with E-state index in [1.807, 2.05) is 0 Å². The van der Waals surface area contributed by atoms with Gasteiger partial charge < -0.3 is 14.6 Å². The molecule has 1 heterocycles. The quantitative estimate of drug-likeness (QED) is 0.458. The van der Waals surface area contributed by atoms with E-state index < -0.39 is 12.0 Å². The lowest BCUT2D eigenvalue weighted by atomic mass is 10.9. The van der Waals surface area contributed by atoms with Gasteiger partial charge in [-0.15, -0.1) is 15.0 Å². The number of rotatable bonds is 1. The Hall–Kier alpha value is -1.37. The highest BCUT2D eigenvalue weighted by molar-refractivity contribution is 5.99. The van der Waals surface area contributed by atoms with Gasteiger partial charge in [0.15, 0.2) is 0 Å². The van der Waals surface area contributed by atoms with Crippen molar-refractivity contribution in [3.8, 4) is 18.0 Å². The highest BCUT2D eigenvalue weighted by atomic mass is 28.2. The minimum absolute atomic E-state index is 0.0586. The zero-order valence-corrected chi connectivity index (χ0v) is 7.14. The van der Waals surface area contributed by atoms with Crippen LogP contribution in [0, 0.1) is 0 Å². The summed E-state index contributed by atoms with van der Waals surface area (Å²) in [7, 11) is 0.397. The number of hydrogen-bond acceptors (Lipinski definition) is 6. The SMILES string of the molecule is Oc1nc(O)nc(O[SiH3])n1. The van der Waals surface area contributed by atoms with Crippen LogP contribution in [0.2, 0.25) is 0 Å². The monoisotopic (exact) mass is 159 g/mol. The van der Waals surface area contributed by atoms with Crippen LogP contribution in [0.15, 0.2) is 0 Å². The van der Waals surface area contributed by atoms with E-state index in [0.29, 0.717) is 10.5 Å². The first-order valence-corrected chi connectivity index (χ1v) is 3.22. The van der Waals surface area contributed by atoms with Gasteiger partial charge in [0.05, 0.1) is 0 Å². The van der Waals surface area contributed by atoms with Crippen LogP contribution in [0.5, 0.6) is 18.0 Å². The molecule has 0 atom stereocenters. The van der Waals surface area contributed by atoms with Crippen LogP contribution in [0.1, 0.15) is 0 Å². The Balaban J connectivity index is 3.06. The van der Waals surface area contributed by atoms with E-state index in [1.54, 1.807) is 0 Å². The average Bonchev–Trinajstić information content (AvgIpc) is 1.85. The smallest absolute Gasteiger partial charge is 0.323 e. The summed E-state index contributed by atoms with van der Waals surface area (Å²) in [6.07, 6.45) is 0. The van der Waals surface area contributed by atoms with Crippen molar-refractivity contribution >= 4 is 10.5 Å². The first-order chi connectivity index (χ1) is 4.72. The lowest BCUT2D eigenvalue weighted by Gasteiger charge is -1.96. The Morgan fingerprint density at radius 3 is 2.00 bits per heavy atom. The fourth-order valence-electron chi connectivity index (χ4n) is 0.427. The summed E-state index contributed by atoms with van der Waals surface area (Å²) in [5.74, 6) is 0. The van der Waals surface area contributed by atoms with Gasteiger partial charge in [0.25, 0.3) is 0 Å². The standard InChI is InChI=1S/C3H5N3O3Si/c7-1-4-2(8)6-3(5-1)9-10/h10H3,(H2,4,5,6,7,8). The highest BCUT2D eigenvalue weighted by Gasteiger charge is 2.01. The molecule has 0 aliphatic rings. The van der Waals surface area contributed by atoms with Crippen LogP contribution >= 0.6 is 0 Å². The first-order valence-electron chi connectivity index (χ1n) is 2.40. The Labute approximate surface area is 59.1 Å². The Morgan fingerprint density at radius 2 is 1.60 bits per heavy atom. The third kappa shape index (κ3) is 1.32. The maximum Gasteiger partial charge on any atom is 0.323 e. The zero-order chi connectivity index (χ0) is 7.56. The average molecular weight is 159 g/mol. The molecule has 2 N–H and O–H groups in total. The van der Waals surface area contributed by atoms with E-state index in [9.17, 15) is 0 Å². The fraction of sp³-hybridized carbons (Fsp3) is 0. The molecule has 0 radical (unpaired) electrons. The minimum atomic E-state index is -0.543. The molecule has 7 heteroatoms. The van der Waals surface area contributed by atoms with Crippen LogP contribution in [0.3, 0.4) is 0 Å². The van der Waals surface area contributed by atoms with Crippen LogP contribution in [-0.4, -0.2) is 35.7 Å². The van der Waals surface area contributed by atoms with Crippen LogP contribution in [0.4, 0.5) is 0 Å². The van der Waals surface area contributed by atoms with Crippen molar-refractivity contribution in [2.45, 2.75) is 0 Å². The van der Waals surface area contributed by atoms with Gasteiger partial charge in [-0.3, -0.25) is 0 Å². The van der Waals surface area contributed by atoms with Gasteiger partial charge in [-0.25, -0.2) is 0 Å². The largest absolute Gasteiger partial charge is 0.526 e. The summed E-state index contributed by atoms with van der Waals surface area (Å²) in [4.78, 5) is 9.78. The number of aromatic nitrogens is 3. The lowest BCUT2D eigenvalue weighted by Crippen LogP contribution is -1.94. The molecule has 0 bridgehead atoms. The maximum absolute atomic E-state index is 8.64. The molecule has 0 spiro atoms. The highest BCUT2D eigenvalue weighted by Crippen LogP contribution is 2.09. The van der Waals surface area contributed by atoms with Crippen LogP contribution in [0.25, 0.3) is 0 Å². The molecule has 6 nitrogen and oxygen atoms in total. The van der Waals surface area contributed by atoms with Gasteiger partial charge in [-0.05, 0) is 0 Å². The summed E-state index contributed by atoms with van der Waals surface area (Å²) in [5, 5.41) is 17.3. The molecule has 10 heavy (non-hydrogen) atoms. The van der Waals surface area contributed by atoms with Gasteiger partial charge in [-0.1, -0.05) is 0 Å². The lowest BCUT2D eigenvalue weighted by molar-refractivity contribution is 0.366. The van der Waals surface area contributed by atoms with Gasteiger partial charge in [-0.2, -0.15) is 0 Å². The van der Waals surface area contributed by atoms with E-state index in [2.05, 4.69) is 19.4 Å². The Kier molecular flexibility index (Phi) is 1.67. The van der Waals surface area contributed by atoms with Gasteiger partial charge >= 0.3 is 18.0 Å². The number of aromatic hydroxyl groups is 2. The fourth-order valence-corrected chi connectivity index (χ4v) is 0.609. The third-order valence-corrected chi connectivity index (χ3v) is 1.14. The van der Waals surface area contributed by atoms with E-state index >= 15 is 0 Å². The van der Waals surface area contributed by atoms with E-state index in [1.165, 1.54) is 0 Å². The molecular weight excluding hydrogens is 154 g/mol. The van der Waals surface area contributed by atoms with Gasteiger partial charge in [0.2, 0.25) is 10.5 Å². The predicted molar refractivity (Wildman–Crippen MR) is 33.7 cm³/mol. The van der Waals surface area contributed by atoms with Crippen molar-refractivity contribution in [3.63, 3.8) is 0 Å². The van der Waals surface area contributed by atoms with E-state index in [-0.39, 0.29) is 6.01 Å². The third-order valence-electron chi connectivity index (χ3n) is 0.774. The summed E-state index contributed by atoms with van der Waals surface area (Å²) >= 11 is 0. The maximum atomic E-state index is 8.64. The topological polar surface area (TPSA) is 88.4 Å². The van der Waals surface area contributed by atoms with Gasteiger partial charge in [0, 0.05) is 0 Å².